The van der Waals surface area contributed by atoms with Gasteiger partial charge in [0.15, 0.2) is 0 Å². The highest BCUT2D eigenvalue weighted by molar-refractivity contribution is 4.73. The standard InChI is InChI=1S/C17H33NO4/c1-2-3-4-5-6-7-8-9-10-11-12-16-15-21-14-13-17(16)22-18(19)20/h16-17H,2-15H2,1H3. The van der Waals surface area contributed by atoms with Gasteiger partial charge in [-0.1, -0.05) is 71.1 Å². The summed E-state index contributed by atoms with van der Waals surface area (Å²) in [4.78, 5) is 15.3. The molecule has 0 radical (unpaired) electrons. The van der Waals surface area contributed by atoms with Crippen LogP contribution in [0.1, 0.15) is 84.0 Å². The molecule has 0 spiro atoms. The number of hydrogen-bond donors (Lipinski definition) is 0. The Morgan fingerprint density at radius 1 is 1.05 bits per heavy atom. The second-order valence-corrected chi connectivity index (χ2v) is 6.46. The third-order valence-electron chi connectivity index (χ3n) is 4.55. The Labute approximate surface area is 134 Å². The molecule has 0 bridgehead atoms. The third kappa shape index (κ3) is 9.23. The van der Waals surface area contributed by atoms with Gasteiger partial charge in [0, 0.05) is 12.5 Å². The first-order chi connectivity index (χ1) is 10.7. The molecular formula is C17H33NO4. The van der Waals surface area contributed by atoms with Gasteiger partial charge in [-0.05, 0) is 12.8 Å². The Balaban J connectivity index is 1.97. The van der Waals surface area contributed by atoms with Gasteiger partial charge in [-0.25, -0.2) is 0 Å². The van der Waals surface area contributed by atoms with E-state index in [0.29, 0.717) is 19.6 Å². The molecule has 5 heteroatoms. The van der Waals surface area contributed by atoms with Crippen LogP contribution in [0.15, 0.2) is 0 Å². The first-order valence-corrected chi connectivity index (χ1v) is 9.13. The highest BCUT2D eigenvalue weighted by Crippen LogP contribution is 2.24. The molecule has 0 saturated carbocycles. The van der Waals surface area contributed by atoms with E-state index in [1.54, 1.807) is 0 Å². The highest BCUT2D eigenvalue weighted by atomic mass is 17.0. The zero-order valence-electron chi connectivity index (χ0n) is 14.1. The molecule has 1 fully saturated rings. The summed E-state index contributed by atoms with van der Waals surface area (Å²) >= 11 is 0. The maximum absolute atomic E-state index is 10.5. The third-order valence-corrected chi connectivity index (χ3v) is 4.55. The second kappa shape index (κ2) is 12.7. The van der Waals surface area contributed by atoms with Crippen LogP contribution in [0.5, 0.6) is 0 Å². The monoisotopic (exact) mass is 315 g/mol. The normalized spacial score (nSPS) is 21.7. The molecule has 1 aliphatic heterocycles. The van der Waals surface area contributed by atoms with E-state index in [-0.39, 0.29) is 12.0 Å². The summed E-state index contributed by atoms with van der Waals surface area (Å²) in [5.41, 5.74) is 0. The van der Waals surface area contributed by atoms with Crippen molar-refractivity contribution in [2.24, 2.45) is 5.92 Å². The van der Waals surface area contributed by atoms with E-state index in [0.717, 1.165) is 12.8 Å². The molecule has 0 N–H and O–H groups in total. The molecule has 0 aromatic heterocycles. The van der Waals surface area contributed by atoms with Crippen molar-refractivity contribution < 1.29 is 14.7 Å². The Kier molecular flexibility index (Phi) is 11.1. The molecule has 2 unspecified atom stereocenters. The number of nitrogens with zero attached hydrogens (tertiary/aromatic N) is 1. The lowest BCUT2D eigenvalue weighted by Crippen LogP contribution is -2.35. The Bertz CT molecular complexity index is 286. The molecule has 0 aromatic carbocycles. The number of hydrogen-bond acceptors (Lipinski definition) is 4. The molecule has 130 valence electrons. The van der Waals surface area contributed by atoms with Gasteiger partial charge >= 0.3 is 0 Å². The van der Waals surface area contributed by atoms with E-state index in [2.05, 4.69) is 6.92 Å². The first kappa shape index (κ1) is 19.2. The molecular weight excluding hydrogens is 282 g/mol. The average Bonchev–Trinajstić information content (AvgIpc) is 2.50. The van der Waals surface area contributed by atoms with Crippen LogP contribution in [0, 0.1) is 16.0 Å². The van der Waals surface area contributed by atoms with Crippen molar-refractivity contribution in [2.45, 2.75) is 90.1 Å². The molecule has 2 atom stereocenters. The lowest BCUT2D eigenvalue weighted by Gasteiger charge is -2.29. The maximum atomic E-state index is 10.5. The van der Waals surface area contributed by atoms with Crippen LogP contribution in [-0.2, 0) is 9.57 Å². The van der Waals surface area contributed by atoms with E-state index in [1.165, 1.54) is 57.8 Å². The summed E-state index contributed by atoms with van der Waals surface area (Å²) < 4.78 is 5.43. The van der Waals surface area contributed by atoms with Gasteiger partial charge in [-0.3, -0.25) is 0 Å². The summed E-state index contributed by atoms with van der Waals surface area (Å²) in [6.45, 7) is 3.43. The van der Waals surface area contributed by atoms with Crippen LogP contribution in [0.2, 0.25) is 0 Å². The van der Waals surface area contributed by atoms with Gasteiger partial charge in [0.25, 0.3) is 5.09 Å². The quantitative estimate of drug-likeness (QED) is 0.275. The van der Waals surface area contributed by atoms with E-state index in [1.807, 2.05) is 0 Å². The van der Waals surface area contributed by atoms with Crippen LogP contribution < -0.4 is 0 Å². The minimum absolute atomic E-state index is 0.188. The van der Waals surface area contributed by atoms with Crippen LogP contribution in [0.25, 0.3) is 0 Å². The molecule has 1 rings (SSSR count). The lowest BCUT2D eigenvalue weighted by molar-refractivity contribution is -0.771. The van der Waals surface area contributed by atoms with Crippen molar-refractivity contribution in [1.29, 1.82) is 0 Å². The van der Waals surface area contributed by atoms with E-state index >= 15 is 0 Å². The minimum Gasteiger partial charge on any atom is -0.381 e. The van der Waals surface area contributed by atoms with Crippen molar-refractivity contribution in [1.82, 2.24) is 0 Å². The molecule has 1 saturated heterocycles. The summed E-state index contributed by atoms with van der Waals surface area (Å²) in [6, 6.07) is 0. The van der Waals surface area contributed by atoms with Gasteiger partial charge in [-0.2, -0.15) is 0 Å². The van der Waals surface area contributed by atoms with Gasteiger partial charge in [-0.15, -0.1) is 10.1 Å². The molecule has 22 heavy (non-hydrogen) atoms. The predicted octanol–water partition coefficient (Wildman–Crippen LogP) is 4.91. The summed E-state index contributed by atoms with van der Waals surface area (Å²) in [7, 11) is 0. The largest absolute Gasteiger partial charge is 0.381 e. The fourth-order valence-electron chi connectivity index (χ4n) is 3.19. The van der Waals surface area contributed by atoms with E-state index in [4.69, 9.17) is 9.57 Å². The number of ether oxygens (including phenoxy) is 1. The predicted molar refractivity (Wildman–Crippen MR) is 87.3 cm³/mol. The average molecular weight is 315 g/mol. The summed E-state index contributed by atoms with van der Waals surface area (Å²) in [5, 5.41) is 9.85. The zero-order valence-corrected chi connectivity index (χ0v) is 14.1. The van der Waals surface area contributed by atoms with Crippen molar-refractivity contribution in [3.05, 3.63) is 10.1 Å². The summed E-state index contributed by atoms with van der Waals surface area (Å²) in [5.74, 6) is 0.188. The summed E-state index contributed by atoms with van der Waals surface area (Å²) in [6.07, 6.45) is 14.5. The fraction of sp³-hybridized carbons (Fsp3) is 1.00. The molecule has 0 amide bonds. The molecule has 1 heterocycles. The SMILES string of the molecule is CCCCCCCCCCCCC1COCCC1O[N+](=O)[O-]. The number of rotatable bonds is 13. The van der Waals surface area contributed by atoms with Crippen molar-refractivity contribution >= 4 is 0 Å². The number of unbranched alkanes of at least 4 members (excludes halogenated alkanes) is 9. The minimum atomic E-state index is -0.651. The highest BCUT2D eigenvalue weighted by Gasteiger charge is 2.28. The van der Waals surface area contributed by atoms with Gasteiger partial charge < -0.3 is 9.57 Å². The molecule has 1 aliphatic rings. The van der Waals surface area contributed by atoms with Crippen LogP contribution in [0.3, 0.4) is 0 Å². The molecule has 0 aromatic rings. The van der Waals surface area contributed by atoms with Crippen LogP contribution in [-0.4, -0.2) is 24.4 Å². The van der Waals surface area contributed by atoms with Crippen molar-refractivity contribution in [3.63, 3.8) is 0 Å². The van der Waals surface area contributed by atoms with Gasteiger partial charge in [0.1, 0.15) is 6.10 Å². The fourth-order valence-corrected chi connectivity index (χ4v) is 3.19. The molecule has 5 nitrogen and oxygen atoms in total. The zero-order chi connectivity index (χ0) is 16.0. The Morgan fingerprint density at radius 2 is 1.64 bits per heavy atom. The van der Waals surface area contributed by atoms with Crippen molar-refractivity contribution in [2.75, 3.05) is 13.2 Å². The second-order valence-electron chi connectivity index (χ2n) is 6.46. The van der Waals surface area contributed by atoms with E-state index < -0.39 is 5.09 Å². The maximum Gasteiger partial charge on any atom is 0.294 e. The van der Waals surface area contributed by atoms with Crippen LogP contribution >= 0.6 is 0 Å². The smallest absolute Gasteiger partial charge is 0.294 e. The van der Waals surface area contributed by atoms with Gasteiger partial charge in [0.2, 0.25) is 0 Å². The molecule has 0 aliphatic carbocycles. The topological polar surface area (TPSA) is 61.6 Å². The van der Waals surface area contributed by atoms with Crippen LogP contribution in [0.4, 0.5) is 0 Å². The van der Waals surface area contributed by atoms with E-state index in [9.17, 15) is 10.1 Å². The first-order valence-electron chi connectivity index (χ1n) is 9.13. The lowest BCUT2D eigenvalue weighted by atomic mass is 9.92. The van der Waals surface area contributed by atoms with Gasteiger partial charge in [0.05, 0.1) is 6.61 Å². The Morgan fingerprint density at radius 3 is 2.23 bits per heavy atom. The Hall–Kier alpha value is -0.840. The van der Waals surface area contributed by atoms with Crippen molar-refractivity contribution in [3.8, 4) is 0 Å².